The molecule has 0 amide bonds. The van der Waals surface area contributed by atoms with Crippen LogP contribution in [-0.4, -0.2) is 20.5 Å². The van der Waals surface area contributed by atoms with Crippen molar-refractivity contribution in [2.75, 3.05) is 0 Å². The minimum absolute atomic E-state index is 0.0698. The number of aromatic hydroxyl groups is 1. The molecule has 4 N–H and O–H groups in total. The van der Waals surface area contributed by atoms with E-state index in [0.717, 1.165) is 19.3 Å². The third-order valence-electron chi connectivity index (χ3n) is 4.58. The lowest BCUT2D eigenvalue weighted by Crippen LogP contribution is -2.22. The first kappa shape index (κ1) is 16.4. The second kappa shape index (κ2) is 6.95. The fourth-order valence-electron chi connectivity index (χ4n) is 3.22. The number of fused-ring (bicyclic) bond motifs is 1. The molecule has 6 heteroatoms. The molecular weight excluding hydrogens is 304 g/mol. The largest absolute Gasteiger partial charge is 0.504 e. The number of pyridine rings is 1. The molecule has 1 saturated carbocycles. The summed E-state index contributed by atoms with van der Waals surface area (Å²) in [4.78, 5) is 16.7. The summed E-state index contributed by atoms with van der Waals surface area (Å²) in [6, 6.07) is 2.10. The molecule has 0 saturated heterocycles. The number of nitrogens with two attached hydrogens (primary N) is 1. The maximum absolute atomic E-state index is 12.4. The van der Waals surface area contributed by atoms with Crippen molar-refractivity contribution in [2.24, 2.45) is 5.73 Å². The molecule has 0 bridgehead atoms. The summed E-state index contributed by atoms with van der Waals surface area (Å²) in [5, 5.41) is 13.8. The number of aryl methyl sites for hydroxylation is 1. The Morgan fingerprint density at radius 3 is 2.96 bits per heavy atom. The van der Waals surface area contributed by atoms with Gasteiger partial charge in [-0.1, -0.05) is 26.2 Å². The minimum atomic E-state index is -0.143. The number of aromatic nitrogens is 2. The second-order valence-electron chi connectivity index (χ2n) is 6.36. The Morgan fingerprint density at radius 2 is 2.25 bits per heavy atom. The minimum Gasteiger partial charge on any atom is -0.504 e. The van der Waals surface area contributed by atoms with E-state index in [1.807, 2.05) is 6.92 Å². The zero-order valence-electron chi connectivity index (χ0n) is 14.0. The van der Waals surface area contributed by atoms with Crippen molar-refractivity contribution in [1.29, 1.82) is 0 Å². The van der Waals surface area contributed by atoms with Gasteiger partial charge in [-0.15, -0.1) is 0 Å². The molecule has 3 rings (SSSR count). The predicted octanol–water partition coefficient (Wildman–Crippen LogP) is 2.14. The molecule has 1 aliphatic rings. The number of rotatable bonds is 5. The maximum Gasteiger partial charge on any atom is 0.261 e. The summed E-state index contributed by atoms with van der Waals surface area (Å²) < 4.78 is 1.38. The van der Waals surface area contributed by atoms with Crippen LogP contribution >= 0.6 is 0 Å². The summed E-state index contributed by atoms with van der Waals surface area (Å²) in [6.07, 6.45) is 11.2. The maximum atomic E-state index is 12.4. The average Bonchev–Trinajstić information content (AvgIpc) is 3.09. The van der Waals surface area contributed by atoms with Gasteiger partial charge in [0.2, 0.25) is 0 Å². The van der Waals surface area contributed by atoms with E-state index in [4.69, 9.17) is 5.73 Å². The Morgan fingerprint density at radius 1 is 1.50 bits per heavy atom. The number of hydrogen-bond donors (Lipinski definition) is 3. The van der Waals surface area contributed by atoms with Crippen molar-refractivity contribution < 1.29 is 5.11 Å². The van der Waals surface area contributed by atoms with Crippen LogP contribution < -0.4 is 16.6 Å². The second-order valence-corrected chi connectivity index (χ2v) is 6.36. The molecule has 0 unspecified atom stereocenters. The molecule has 128 valence electrons. The van der Waals surface area contributed by atoms with E-state index in [1.165, 1.54) is 17.2 Å². The van der Waals surface area contributed by atoms with Gasteiger partial charge in [0.1, 0.15) is 0 Å². The third-order valence-corrected chi connectivity index (χ3v) is 4.58. The molecule has 0 atom stereocenters. The first-order valence-electron chi connectivity index (χ1n) is 8.56. The molecule has 2 heterocycles. The van der Waals surface area contributed by atoms with E-state index in [2.05, 4.69) is 10.3 Å². The van der Waals surface area contributed by atoms with Crippen LogP contribution in [0.5, 0.6) is 5.75 Å². The van der Waals surface area contributed by atoms with Gasteiger partial charge >= 0.3 is 0 Å². The molecule has 0 aliphatic heterocycles. The van der Waals surface area contributed by atoms with Crippen LogP contribution in [-0.2, 0) is 6.42 Å². The molecule has 6 nitrogen and oxygen atoms in total. The smallest absolute Gasteiger partial charge is 0.261 e. The van der Waals surface area contributed by atoms with Gasteiger partial charge in [-0.3, -0.25) is 9.20 Å². The van der Waals surface area contributed by atoms with Gasteiger partial charge < -0.3 is 16.2 Å². The summed E-state index contributed by atoms with van der Waals surface area (Å²) in [6.45, 7) is 2.01. The Bertz CT molecular complexity index is 820. The Hall–Kier alpha value is -2.50. The van der Waals surface area contributed by atoms with Crippen molar-refractivity contribution >= 4 is 11.3 Å². The van der Waals surface area contributed by atoms with E-state index >= 15 is 0 Å². The van der Waals surface area contributed by atoms with Crippen molar-refractivity contribution in [1.82, 2.24) is 14.7 Å². The van der Waals surface area contributed by atoms with E-state index in [-0.39, 0.29) is 17.0 Å². The molecule has 0 aromatic carbocycles. The summed E-state index contributed by atoms with van der Waals surface area (Å²) in [5.74, 6) is -0.0698. The zero-order valence-corrected chi connectivity index (χ0v) is 14.0. The number of nitrogens with zero attached hydrogens (tertiary/aromatic N) is 2. The van der Waals surface area contributed by atoms with Crippen LogP contribution in [0.3, 0.4) is 0 Å². The first-order chi connectivity index (χ1) is 11.6. The zero-order chi connectivity index (χ0) is 17.1. The number of nitrogens with one attached hydrogen (secondary N) is 1. The SMILES string of the molecule is CCCc1cnc2c(O)c(/C(N)=C/NC3CCCC3)ccn2c1=O. The third kappa shape index (κ3) is 3.09. The highest BCUT2D eigenvalue weighted by Crippen LogP contribution is 2.25. The highest BCUT2D eigenvalue weighted by molar-refractivity contribution is 5.73. The molecule has 2 aromatic rings. The normalized spacial score (nSPS) is 16.0. The van der Waals surface area contributed by atoms with Gasteiger partial charge in [0.05, 0.1) is 5.70 Å². The van der Waals surface area contributed by atoms with Gasteiger partial charge in [0.15, 0.2) is 11.4 Å². The lowest BCUT2D eigenvalue weighted by Gasteiger charge is -2.12. The lowest BCUT2D eigenvalue weighted by molar-refractivity contribution is 0.474. The van der Waals surface area contributed by atoms with Crippen molar-refractivity contribution in [3.8, 4) is 5.75 Å². The van der Waals surface area contributed by atoms with Crippen LogP contribution in [0.15, 0.2) is 29.5 Å². The van der Waals surface area contributed by atoms with E-state index in [9.17, 15) is 9.90 Å². The van der Waals surface area contributed by atoms with Gasteiger partial charge in [-0.2, -0.15) is 0 Å². The highest BCUT2D eigenvalue weighted by Gasteiger charge is 2.15. The first-order valence-corrected chi connectivity index (χ1v) is 8.56. The van der Waals surface area contributed by atoms with Crippen LogP contribution in [0, 0.1) is 0 Å². The predicted molar refractivity (Wildman–Crippen MR) is 94.7 cm³/mol. The highest BCUT2D eigenvalue weighted by atomic mass is 16.3. The van der Waals surface area contributed by atoms with Gasteiger partial charge in [0, 0.05) is 35.8 Å². The standard InChI is InChI=1S/C18H24N4O2/c1-2-5-12-10-21-17-16(23)14(8-9-22(17)18(12)24)15(19)11-20-13-6-3-4-7-13/h8-11,13,20,23H,2-7,19H2,1H3/b15-11-. The van der Waals surface area contributed by atoms with E-state index in [1.54, 1.807) is 24.7 Å². The molecule has 0 radical (unpaired) electrons. The van der Waals surface area contributed by atoms with Crippen molar-refractivity contribution in [3.63, 3.8) is 0 Å². The van der Waals surface area contributed by atoms with Crippen LogP contribution in [0.4, 0.5) is 0 Å². The Labute approximate surface area is 141 Å². The van der Waals surface area contributed by atoms with E-state index in [0.29, 0.717) is 29.3 Å². The van der Waals surface area contributed by atoms with Crippen LogP contribution in [0.25, 0.3) is 11.3 Å². The monoisotopic (exact) mass is 328 g/mol. The summed E-state index contributed by atoms with van der Waals surface area (Å²) in [7, 11) is 0. The van der Waals surface area contributed by atoms with Gasteiger partial charge in [-0.25, -0.2) is 4.98 Å². The van der Waals surface area contributed by atoms with Gasteiger partial charge in [-0.05, 0) is 25.3 Å². The van der Waals surface area contributed by atoms with Crippen LogP contribution in [0.1, 0.15) is 50.2 Å². The molecule has 24 heavy (non-hydrogen) atoms. The number of hydrogen-bond acceptors (Lipinski definition) is 5. The average molecular weight is 328 g/mol. The molecular formula is C18H24N4O2. The van der Waals surface area contributed by atoms with Crippen molar-refractivity contribution in [3.05, 3.63) is 46.1 Å². The summed E-state index contributed by atoms with van der Waals surface area (Å²) >= 11 is 0. The molecule has 2 aromatic heterocycles. The van der Waals surface area contributed by atoms with E-state index < -0.39 is 0 Å². The molecule has 1 aliphatic carbocycles. The fourth-order valence-corrected chi connectivity index (χ4v) is 3.22. The fraction of sp³-hybridized carbons (Fsp3) is 0.444. The molecule has 1 fully saturated rings. The topological polar surface area (TPSA) is 92.7 Å². The van der Waals surface area contributed by atoms with Crippen LogP contribution in [0.2, 0.25) is 0 Å². The summed E-state index contributed by atoms with van der Waals surface area (Å²) in [5.41, 5.74) is 7.76. The van der Waals surface area contributed by atoms with Crippen molar-refractivity contribution in [2.45, 2.75) is 51.5 Å². The molecule has 0 spiro atoms. The van der Waals surface area contributed by atoms with Gasteiger partial charge in [0.25, 0.3) is 5.56 Å². The quantitative estimate of drug-likeness (QED) is 0.782. The Kier molecular flexibility index (Phi) is 4.74. The Balaban J connectivity index is 1.94. The lowest BCUT2D eigenvalue weighted by atomic mass is 10.1.